The van der Waals surface area contributed by atoms with Crippen LogP contribution in [0.2, 0.25) is 0 Å². The molecule has 0 unspecified atom stereocenters. The van der Waals surface area contributed by atoms with E-state index in [1.165, 1.54) is 18.2 Å². The predicted octanol–water partition coefficient (Wildman–Crippen LogP) is 0.598. The van der Waals surface area contributed by atoms with Gasteiger partial charge in [0.05, 0.1) is 6.61 Å². The smallest absolute Gasteiger partial charge is 0.157 e. The summed E-state index contributed by atoms with van der Waals surface area (Å²) < 4.78 is 0. The molecular formula is C7H7NO3. The molecule has 58 valence electrons. The highest BCUT2D eigenvalue weighted by molar-refractivity contribution is 5.40. The van der Waals surface area contributed by atoms with Gasteiger partial charge in [0.25, 0.3) is 0 Å². The first-order chi connectivity index (χ1) is 5.24. The molecule has 0 saturated heterocycles. The van der Waals surface area contributed by atoms with Gasteiger partial charge in [0.1, 0.15) is 0 Å². The number of hydrogen-bond acceptors (Lipinski definition) is 3. The molecule has 2 radical (unpaired) electrons. The van der Waals surface area contributed by atoms with Crippen molar-refractivity contribution in [3.8, 4) is 11.5 Å². The number of benzene rings is 1. The summed E-state index contributed by atoms with van der Waals surface area (Å²) in [7, 11) is 0. The van der Waals surface area contributed by atoms with Crippen LogP contribution in [0.5, 0.6) is 11.5 Å². The fraction of sp³-hybridized carbons (Fsp3) is 0.143. The number of rotatable bonds is 2. The summed E-state index contributed by atoms with van der Waals surface area (Å²) in [6.45, 7) is -0.00611. The first-order valence-electron chi connectivity index (χ1n) is 3.01. The Hall–Kier alpha value is -1.26. The molecule has 0 saturated carbocycles. The highest BCUT2D eigenvalue weighted by atomic mass is 16.6. The van der Waals surface area contributed by atoms with Crippen molar-refractivity contribution in [3.63, 3.8) is 0 Å². The summed E-state index contributed by atoms with van der Waals surface area (Å²) in [6.07, 6.45) is 0. The SMILES string of the molecule is [N]OCc1ccc(O)c(O)c1. The highest BCUT2D eigenvalue weighted by Crippen LogP contribution is 2.24. The maximum atomic E-state index is 8.94. The molecule has 1 aromatic rings. The summed E-state index contributed by atoms with van der Waals surface area (Å²) in [5.74, 6) is 7.62. The molecule has 0 fully saturated rings. The lowest BCUT2D eigenvalue weighted by Gasteiger charge is -1.99. The van der Waals surface area contributed by atoms with Gasteiger partial charge in [-0.2, -0.15) is 0 Å². The Morgan fingerprint density at radius 2 is 2.00 bits per heavy atom. The van der Waals surface area contributed by atoms with Gasteiger partial charge in [-0.1, -0.05) is 6.07 Å². The fourth-order valence-corrected chi connectivity index (χ4v) is 0.733. The van der Waals surface area contributed by atoms with Gasteiger partial charge in [0, 0.05) is 5.90 Å². The van der Waals surface area contributed by atoms with Crippen LogP contribution in [0.15, 0.2) is 18.2 Å². The largest absolute Gasteiger partial charge is 0.504 e. The van der Waals surface area contributed by atoms with Crippen molar-refractivity contribution in [1.29, 1.82) is 0 Å². The van der Waals surface area contributed by atoms with Gasteiger partial charge in [-0.25, -0.2) is 0 Å². The van der Waals surface area contributed by atoms with Gasteiger partial charge in [0.2, 0.25) is 0 Å². The molecule has 0 aliphatic heterocycles. The molecule has 0 aromatic heterocycles. The third kappa shape index (κ3) is 1.83. The van der Waals surface area contributed by atoms with Crippen LogP contribution in [0.1, 0.15) is 5.56 Å². The molecule has 4 nitrogen and oxygen atoms in total. The summed E-state index contributed by atoms with van der Waals surface area (Å²) in [5, 5.41) is 17.8. The number of hydrogen-bond donors (Lipinski definition) is 2. The van der Waals surface area contributed by atoms with E-state index in [0.717, 1.165) is 0 Å². The molecule has 0 amide bonds. The summed E-state index contributed by atoms with van der Waals surface area (Å²) in [5.41, 5.74) is 0.586. The van der Waals surface area contributed by atoms with Crippen LogP contribution in [0.3, 0.4) is 0 Å². The van der Waals surface area contributed by atoms with E-state index in [-0.39, 0.29) is 18.1 Å². The van der Waals surface area contributed by atoms with E-state index in [1.54, 1.807) is 0 Å². The van der Waals surface area contributed by atoms with Crippen molar-refractivity contribution in [2.75, 3.05) is 0 Å². The average molecular weight is 153 g/mol. The molecule has 11 heavy (non-hydrogen) atoms. The van der Waals surface area contributed by atoms with Crippen LogP contribution in [0.25, 0.3) is 0 Å². The normalized spacial score (nSPS) is 9.91. The molecule has 0 atom stereocenters. The molecule has 0 heterocycles. The van der Waals surface area contributed by atoms with E-state index >= 15 is 0 Å². The predicted molar refractivity (Wildman–Crippen MR) is 36.7 cm³/mol. The van der Waals surface area contributed by atoms with Gasteiger partial charge >= 0.3 is 0 Å². The van der Waals surface area contributed by atoms with Gasteiger partial charge in [-0.05, 0) is 17.7 Å². The Morgan fingerprint density at radius 3 is 2.55 bits per heavy atom. The van der Waals surface area contributed by atoms with Crippen molar-refractivity contribution in [2.24, 2.45) is 0 Å². The lowest BCUT2D eigenvalue weighted by atomic mass is 10.2. The minimum absolute atomic E-state index is 0.00611. The first kappa shape index (κ1) is 7.84. The quantitative estimate of drug-likeness (QED) is 0.482. The zero-order valence-electron chi connectivity index (χ0n) is 5.69. The average Bonchev–Trinajstić information content (AvgIpc) is 1.98. The molecule has 4 heteroatoms. The number of aromatic hydroxyl groups is 2. The first-order valence-corrected chi connectivity index (χ1v) is 3.01. The van der Waals surface area contributed by atoms with Crippen molar-refractivity contribution in [1.82, 2.24) is 5.90 Å². The molecule has 2 N–H and O–H groups in total. The summed E-state index contributed by atoms with van der Waals surface area (Å²) in [4.78, 5) is 3.83. The topological polar surface area (TPSA) is 72.0 Å². The Balaban J connectivity index is 2.86. The van der Waals surface area contributed by atoms with Crippen LogP contribution in [-0.2, 0) is 11.4 Å². The van der Waals surface area contributed by atoms with Crippen molar-refractivity contribution in [2.45, 2.75) is 6.61 Å². The summed E-state index contributed by atoms with van der Waals surface area (Å²) in [6, 6.07) is 4.17. The van der Waals surface area contributed by atoms with Crippen molar-refractivity contribution >= 4 is 0 Å². The van der Waals surface area contributed by atoms with Gasteiger partial charge in [-0.15, -0.1) is 0 Å². The number of phenols is 2. The fourth-order valence-electron chi connectivity index (χ4n) is 0.733. The molecule has 1 aromatic carbocycles. The molecular weight excluding hydrogens is 146 g/mol. The van der Waals surface area contributed by atoms with E-state index < -0.39 is 0 Å². The molecule has 0 aliphatic carbocycles. The van der Waals surface area contributed by atoms with Crippen LogP contribution >= 0.6 is 0 Å². The van der Waals surface area contributed by atoms with Gasteiger partial charge in [0.15, 0.2) is 11.5 Å². The Kier molecular flexibility index (Phi) is 2.30. The lowest BCUT2D eigenvalue weighted by Crippen LogP contribution is -1.88. The third-order valence-corrected chi connectivity index (χ3v) is 1.27. The van der Waals surface area contributed by atoms with E-state index in [0.29, 0.717) is 5.56 Å². The second-order valence-electron chi connectivity index (χ2n) is 2.10. The number of phenolic OH excluding ortho intramolecular Hbond substituents is 2. The molecule has 0 aliphatic rings. The summed E-state index contributed by atoms with van der Waals surface area (Å²) >= 11 is 0. The zero-order chi connectivity index (χ0) is 8.27. The van der Waals surface area contributed by atoms with Crippen LogP contribution in [-0.4, -0.2) is 10.2 Å². The van der Waals surface area contributed by atoms with Gasteiger partial charge < -0.3 is 10.2 Å². The minimum Gasteiger partial charge on any atom is -0.504 e. The number of nitrogens with zero attached hydrogens (tertiary/aromatic N) is 1. The third-order valence-electron chi connectivity index (χ3n) is 1.27. The molecule has 0 spiro atoms. The standard InChI is InChI=1S/C7H7NO3/c8-11-4-5-1-2-6(9)7(10)3-5/h1-3,9-10H,4H2. The maximum Gasteiger partial charge on any atom is 0.157 e. The van der Waals surface area contributed by atoms with Crippen LogP contribution < -0.4 is 5.90 Å². The Bertz CT molecular complexity index is 249. The molecule has 1 rings (SSSR count). The Morgan fingerprint density at radius 1 is 1.27 bits per heavy atom. The van der Waals surface area contributed by atoms with E-state index in [1.807, 2.05) is 0 Å². The van der Waals surface area contributed by atoms with E-state index in [9.17, 15) is 0 Å². The van der Waals surface area contributed by atoms with Crippen LogP contribution in [0.4, 0.5) is 0 Å². The monoisotopic (exact) mass is 153 g/mol. The van der Waals surface area contributed by atoms with Crippen molar-refractivity contribution in [3.05, 3.63) is 23.8 Å². The zero-order valence-corrected chi connectivity index (χ0v) is 5.69. The second kappa shape index (κ2) is 3.23. The lowest BCUT2D eigenvalue weighted by molar-refractivity contribution is 0.104. The maximum absolute atomic E-state index is 8.94. The van der Waals surface area contributed by atoms with E-state index in [4.69, 9.17) is 16.1 Å². The van der Waals surface area contributed by atoms with Gasteiger partial charge in [-0.3, -0.25) is 4.84 Å². The van der Waals surface area contributed by atoms with Crippen LogP contribution in [0, 0.1) is 0 Å². The molecule has 0 bridgehead atoms. The Labute approximate surface area is 63.8 Å². The highest BCUT2D eigenvalue weighted by Gasteiger charge is 1.99. The minimum atomic E-state index is -0.223. The second-order valence-corrected chi connectivity index (χ2v) is 2.10. The van der Waals surface area contributed by atoms with E-state index in [2.05, 4.69) is 4.84 Å². The van der Waals surface area contributed by atoms with Crippen molar-refractivity contribution < 1.29 is 15.1 Å².